The third kappa shape index (κ3) is 3.52. The highest BCUT2D eigenvalue weighted by Gasteiger charge is 2.37. The Morgan fingerprint density at radius 3 is 2.84 bits per heavy atom. The predicted octanol–water partition coefficient (Wildman–Crippen LogP) is 2.29. The highest BCUT2D eigenvalue weighted by Crippen LogP contribution is 2.32. The average molecular weight is 296 g/mol. The van der Waals surface area contributed by atoms with E-state index in [4.69, 9.17) is 21.4 Å². The van der Waals surface area contributed by atoms with Crippen molar-refractivity contribution in [3.8, 4) is 5.75 Å². The average Bonchev–Trinajstić information content (AvgIpc) is 2.75. The summed E-state index contributed by atoms with van der Waals surface area (Å²) < 4.78 is 41.8. The van der Waals surface area contributed by atoms with Crippen molar-refractivity contribution in [2.75, 3.05) is 13.2 Å². The number of hydrogen-bond acceptors (Lipinski definition) is 3. The smallest absolute Gasteiger partial charge is 0.415 e. The molecule has 2 N–H and O–H groups in total. The molecule has 1 aromatic carbocycles. The first kappa shape index (κ1) is 14.4. The van der Waals surface area contributed by atoms with Crippen LogP contribution in [0.25, 0.3) is 0 Å². The van der Waals surface area contributed by atoms with E-state index in [2.05, 4.69) is 5.32 Å². The van der Waals surface area contributed by atoms with Crippen LogP contribution in [0.5, 0.6) is 5.75 Å². The van der Waals surface area contributed by atoms with Gasteiger partial charge in [0.1, 0.15) is 5.75 Å². The fourth-order valence-electron chi connectivity index (χ4n) is 1.94. The van der Waals surface area contributed by atoms with Gasteiger partial charge in [-0.1, -0.05) is 11.6 Å². The molecule has 0 bridgehead atoms. The minimum Gasteiger partial charge on any atom is -0.493 e. The van der Waals surface area contributed by atoms with Crippen molar-refractivity contribution < 1.29 is 23.0 Å². The maximum Gasteiger partial charge on any atom is 0.415 e. The predicted molar refractivity (Wildman–Crippen MR) is 64.4 cm³/mol. The van der Waals surface area contributed by atoms with Crippen molar-refractivity contribution in [2.45, 2.75) is 25.2 Å². The van der Waals surface area contributed by atoms with Crippen LogP contribution in [-0.4, -0.2) is 30.5 Å². The van der Waals surface area contributed by atoms with E-state index in [1.807, 2.05) is 0 Å². The summed E-state index contributed by atoms with van der Waals surface area (Å²) in [7, 11) is 0. The molecule has 1 unspecified atom stereocenters. The number of aliphatic hydroxyl groups excluding tert-OH is 1. The van der Waals surface area contributed by atoms with E-state index in [0.29, 0.717) is 22.9 Å². The number of aliphatic hydroxyl groups is 1. The van der Waals surface area contributed by atoms with E-state index in [1.54, 1.807) is 12.1 Å². The molecule has 7 heteroatoms. The van der Waals surface area contributed by atoms with Crippen LogP contribution in [0.3, 0.4) is 0 Å². The topological polar surface area (TPSA) is 41.5 Å². The van der Waals surface area contributed by atoms with Crippen molar-refractivity contribution in [2.24, 2.45) is 0 Å². The number of benzene rings is 1. The molecule has 0 amide bonds. The van der Waals surface area contributed by atoms with Crippen LogP contribution in [0, 0.1) is 0 Å². The largest absolute Gasteiger partial charge is 0.493 e. The monoisotopic (exact) mass is 295 g/mol. The summed E-state index contributed by atoms with van der Waals surface area (Å²) in [4.78, 5) is 0. The van der Waals surface area contributed by atoms with E-state index in [1.165, 1.54) is 0 Å². The lowest BCUT2D eigenvalue weighted by molar-refractivity contribution is -0.201. The molecule has 19 heavy (non-hydrogen) atoms. The molecule has 0 aromatic heterocycles. The Bertz CT molecular complexity index is 465. The molecule has 1 aliphatic heterocycles. The zero-order valence-electron chi connectivity index (χ0n) is 9.93. The minimum atomic E-state index is -4.61. The number of nitrogens with one attached hydrogen (secondary N) is 1. The van der Waals surface area contributed by atoms with Gasteiger partial charge in [-0.15, -0.1) is 0 Å². The summed E-state index contributed by atoms with van der Waals surface area (Å²) in [6.07, 6.45) is -6.24. The normalized spacial score (nSPS) is 16.1. The van der Waals surface area contributed by atoms with Gasteiger partial charge in [-0.2, -0.15) is 13.2 Å². The minimum absolute atomic E-state index is 0.163. The maximum atomic E-state index is 12.1. The van der Waals surface area contributed by atoms with Crippen LogP contribution < -0.4 is 10.1 Å². The van der Waals surface area contributed by atoms with Gasteiger partial charge in [-0.05, 0) is 17.7 Å². The second-order valence-electron chi connectivity index (χ2n) is 4.34. The van der Waals surface area contributed by atoms with Crippen LogP contribution >= 0.6 is 11.6 Å². The zero-order valence-corrected chi connectivity index (χ0v) is 10.7. The third-order valence-electron chi connectivity index (χ3n) is 2.86. The third-order valence-corrected chi connectivity index (χ3v) is 3.07. The Morgan fingerprint density at radius 2 is 2.16 bits per heavy atom. The van der Waals surface area contributed by atoms with Crippen molar-refractivity contribution in [3.63, 3.8) is 0 Å². The number of alkyl halides is 3. The second kappa shape index (κ2) is 5.56. The van der Waals surface area contributed by atoms with Crippen LogP contribution in [0.2, 0.25) is 5.02 Å². The van der Waals surface area contributed by atoms with Gasteiger partial charge in [0.05, 0.1) is 6.61 Å². The molecule has 1 aromatic rings. The summed E-state index contributed by atoms with van der Waals surface area (Å²) in [5.41, 5.74) is 1.66. The van der Waals surface area contributed by atoms with Gasteiger partial charge in [0.25, 0.3) is 0 Å². The summed E-state index contributed by atoms with van der Waals surface area (Å²) in [6.45, 7) is 0.147. The molecular formula is C12H13ClF3NO2. The fourth-order valence-corrected chi connectivity index (χ4v) is 2.20. The van der Waals surface area contributed by atoms with Crippen molar-refractivity contribution >= 4 is 11.6 Å². The van der Waals surface area contributed by atoms with E-state index in [9.17, 15) is 13.2 Å². The molecule has 0 radical (unpaired) electrons. The molecule has 0 saturated heterocycles. The van der Waals surface area contributed by atoms with Crippen molar-refractivity contribution in [3.05, 3.63) is 28.3 Å². The first-order valence-electron chi connectivity index (χ1n) is 5.77. The molecule has 0 aliphatic carbocycles. The van der Waals surface area contributed by atoms with Gasteiger partial charge in [0.2, 0.25) is 0 Å². The first-order chi connectivity index (χ1) is 8.88. The standard InChI is InChI=1S/C12H13ClF3NO2/c13-9-3-7-1-2-19-11(7)8(4-9)5-17-6-10(18)12(14,15)16/h3-4,10,17-18H,1-2,5-6H2. The number of fused-ring (bicyclic) bond motifs is 1. The summed E-state index contributed by atoms with van der Waals surface area (Å²) in [5, 5.41) is 11.9. The SMILES string of the molecule is OC(CNCc1cc(Cl)cc2c1OCC2)C(F)(F)F. The van der Waals surface area contributed by atoms with Gasteiger partial charge in [-0.3, -0.25) is 0 Å². The molecule has 0 fully saturated rings. The van der Waals surface area contributed by atoms with Crippen LogP contribution in [0.1, 0.15) is 11.1 Å². The van der Waals surface area contributed by atoms with Crippen LogP contribution in [0.4, 0.5) is 13.2 Å². The lowest BCUT2D eigenvalue weighted by Gasteiger charge is -2.16. The Kier molecular flexibility index (Phi) is 4.23. The molecular weight excluding hydrogens is 283 g/mol. The number of rotatable bonds is 4. The van der Waals surface area contributed by atoms with Crippen LogP contribution in [0.15, 0.2) is 12.1 Å². The summed E-state index contributed by atoms with van der Waals surface area (Å²) >= 11 is 5.93. The summed E-state index contributed by atoms with van der Waals surface area (Å²) in [6, 6.07) is 3.44. The van der Waals surface area contributed by atoms with E-state index < -0.39 is 18.8 Å². The molecule has 1 atom stereocenters. The molecule has 0 saturated carbocycles. The quantitative estimate of drug-likeness (QED) is 0.895. The first-order valence-corrected chi connectivity index (χ1v) is 6.15. The Morgan fingerprint density at radius 1 is 1.42 bits per heavy atom. The number of ether oxygens (including phenoxy) is 1. The maximum absolute atomic E-state index is 12.1. The van der Waals surface area contributed by atoms with E-state index in [0.717, 1.165) is 12.0 Å². The van der Waals surface area contributed by atoms with Crippen LogP contribution in [-0.2, 0) is 13.0 Å². The molecule has 1 heterocycles. The second-order valence-corrected chi connectivity index (χ2v) is 4.78. The Balaban J connectivity index is 1.97. The highest BCUT2D eigenvalue weighted by molar-refractivity contribution is 6.30. The van der Waals surface area contributed by atoms with E-state index in [-0.39, 0.29) is 6.54 Å². The van der Waals surface area contributed by atoms with Gasteiger partial charge in [0, 0.05) is 30.1 Å². The van der Waals surface area contributed by atoms with E-state index >= 15 is 0 Å². The lowest BCUT2D eigenvalue weighted by atomic mass is 10.1. The van der Waals surface area contributed by atoms with Gasteiger partial charge in [0.15, 0.2) is 6.10 Å². The molecule has 106 valence electrons. The molecule has 2 rings (SSSR count). The van der Waals surface area contributed by atoms with Gasteiger partial charge >= 0.3 is 6.18 Å². The fraction of sp³-hybridized carbons (Fsp3) is 0.500. The zero-order chi connectivity index (χ0) is 14.0. The Hall–Kier alpha value is -0.980. The Labute approximate surface area is 113 Å². The lowest BCUT2D eigenvalue weighted by Crippen LogP contribution is -2.38. The summed E-state index contributed by atoms with van der Waals surface area (Å²) in [5.74, 6) is 0.679. The highest BCUT2D eigenvalue weighted by atomic mass is 35.5. The molecule has 3 nitrogen and oxygen atoms in total. The van der Waals surface area contributed by atoms with Crippen molar-refractivity contribution in [1.82, 2.24) is 5.32 Å². The van der Waals surface area contributed by atoms with Crippen molar-refractivity contribution in [1.29, 1.82) is 0 Å². The number of halogens is 4. The number of hydrogen-bond donors (Lipinski definition) is 2. The molecule has 0 spiro atoms. The van der Waals surface area contributed by atoms with Gasteiger partial charge < -0.3 is 15.2 Å². The molecule has 1 aliphatic rings. The van der Waals surface area contributed by atoms with Gasteiger partial charge in [-0.25, -0.2) is 0 Å².